The fourth-order valence-electron chi connectivity index (χ4n) is 2.60. The first-order valence-electron chi connectivity index (χ1n) is 8.50. The lowest BCUT2D eigenvalue weighted by atomic mass is 9.87. The molecule has 0 saturated carbocycles. The summed E-state index contributed by atoms with van der Waals surface area (Å²) in [6.45, 7) is 7.69. The molecular formula is C21H28N2O2. The minimum Gasteiger partial charge on any atom is -0.497 e. The Balaban J connectivity index is 1.86. The normalized spacial score (nSPS) is 11.4. The van der Waals surface area contributed by atoms with Crippen LogP contribution in [0.3, 0.4) is 0 Å². The zero-order chi connectivity index (χ0) is 18.4. The highest BCUT2D eigenvalue weighted by Gasteiger charge is 2.13. The van der Waals surface area contributed by atoms with Gasteiger partial charge >= 0.3 is 0 Å². The third kappa shape index (κ3) is 5.91. The Kier molecular flexibility index (Phi) is 6.21. The maximum absolute atomic E-state index is 12.2. The van der Waals surface area contributed by atoms with Gasteiger partial charge in [-0.05, 0) is 47.9 Å². The Bertz CT molecular complexity index is 685. The maximum atomic E-state index is 12.2. The fraction of sp³-hybridized carbons (Fsp3) is 0.381. The van der Waals surface area contributed by atoms with E-state index in [1.165, 1.54) is 11.1 Å². The van der Waals surface area contributed by atoms with Gasteiger partial charge in [0.25, 0.3) is 0 Å². The van der Waals surface area contributed by atoms with Crippen molar-refractivity contribution in [1.29, 1.82) is 0 Å². The molecule has 0 heterocycles. The molecule has 0 spiro atoms. The monoisotopic (exact) mass is 340 g/mol. The average molecular weight is 340 g/mol. The molecule has 0 aliphatic carbocycles. The molecule has 0 fully saturated rings. The van der Waals surface area contributed by atoms with Crippen molar-refractivity contribution in [3.63, 3.8) is 0 Å². The molecule has 0 aromatic heterocycles. The van der Waals surface area contributed by atoms with Crippen LogP contribution in [0, 0.1) is 0 Å². The Labute approximate surface area is 150 Å². The van der Waals surface area contributed by atoms with Crippen LogP contribution < -0.4 is 10.1 Å². The number of hydrogen-bond donors (Lipinski definition) is 1. The molecule has 0 unspecified atom stereocenters. The summed E-state index contributed by atoms with van der Waals surface area (Å²) in [5.74, 6) is 0.743. The number of carbonyl (C=O) groups excluding carboxylic acids is 1. The molecule has 1 N–H and O–H groups in total. The fourth-order valence-corrected chi connectivity index (χ4v) is 2.60. The Morgan fingerprint density at radius 2 is 1.64 bits per heavy atom. The predicted molar refractivity (Wildman–Crippen MR) is 103 cm³/mol. The van der Waals surface area contributed by atoms with E-state index in [4.69, 9.17) is 4.74 Å². The van der Waals surface area contributed by atoms with Crippen LogP contribution >= 0.6 is 0 Å². The van der Waals surface area contributed by atoms with Crippen LogP contribution in [0.2, 0.25) is 0 Å². The quantitative estimate of drug-likeness (QED) is 0.862. The number of likely N-dealkylation sites (N-methyl/N-ethyl adjacent to an activating group) is 1. The number of methoxy groups -OCH3 is 1. The van der Waals surface area contributed by atoms with Gasteiger partial charge in [-0.2, -0.15) is 0 Å². The predicted octanol–water partition coefficient (Wildman–Crippen LogP) is 4.06. The largest absolute Gasteiger partial charge is 0.497 e. The van der Waals surface area contributed by atoms with Crippen molar-refractivity contribution < 1.29 is 9.53 Å². The highest BCUT2D eigenvalue weighted by atomic mass is 16.5. The van der Waals surface area contributed by atoms with Gasteiger partial charge in [0.15, 0.2) is 0 Å². The first kappa shape index (κ1) is 19.0. The maximum Gasteiger partial charge on any atom is 0.238 e. The molecule has 0 bridgehead atoms. The van der Waals surface area contributed by atoms with Gasteiger partial charge < -0.3 is 10.1 Å². The van der Waals surface area contributed by atoms with Crippen molar-refractivity contribution in [3.8, 4) is 5.75 Å². The number of rotatable bonds is 6. The van der Waals surface area contributed by atoms with Crippen LogP contribution in [0.5, 0.6) is 5.75 Å². The standard InChI is InChI=1S/C21H28N2O2/c1-21(2,3)17-8-6-16(7-9-17)14-23(4)15-20(24)22-18-10-12-19(25-5)13-11-18/h6-13H,14-15H2,1-5H3,(H,22,24). The lowest BCUT2D eigenvalue weighted by molar-refractivity contribution is -0.117. The van der Waals surface area contributed by atoms with E-state index in [-0.39, 0.29) is 11.3 Å². The van der Waals surface area contributed by atoms with E-state index >= 15 is 0 Å². The summed E-state index contributed by atoms with van der Waals surface area (Å²) in [4.78, 5) is 14.2. The lowest BCUT2D eigenvalue weighted by Gasteiger charge is -2.20. The number of ether oxygens (including phenoxy) is 1. The zero-order valence-corrected chi connectivity index (χ0v) is 15.8. The third-order valence-corrected chi connectivity index (χ3v) is 4.06. The summed E-state index contributed by atoms with van der Waals surface area (Å²) < 4.78 is 5.11. The minimum absolute atomic E-state index is 0.0287. The number of nitrogens with one attached hydrogen (secondary N) is 1. The van der Waals surface area contributed by atoms with Crippen LogP contribution in [-0.4, -0.2) is 31.5 Å². The Hall–Kier alpha value is -2.33. The first-order valence-corrected chi connectivity index (χ1v) is 8.50. The van der Waals surface area contributed by atoms with E-state index < -0.39 is 0 Å². The van der Waals surface area contributed by atoms with Gasteiger partial charge in [0.05, 0.1) is 13.7 Å². The third-order valence-electron chi connectivity index (χ3n) is 4.06. The summed E-state index contributed by atoms with van der Waals surface area (Å²) >= 11 is 0. The Morgan fingerprint density at radius 3 is 2.16 bits per heavy atom. The smallest absolute Gasteiger partial charge is 0.238 e. The van der Waals surface area contributed by atoms with Crippen molar-refractivity contribution in [2.45, 2.75) is 32.7 Å². The lowest BCUT2D eigenvalue weighted by Crippen LogP contribution is -2.29. The van der Waals surface area contributed by atoms with Gasteiger partial charge in [-0.3, -0.25) is 9.69 Å². The molecule has 0 radical (unpaired) electrons. The molecule has 25 heavy (non-hydrogen) atoms. The van der Waals surface area contributed by atoms with Crippen LogP contribution in [0.4, 0.5) is 5.69 Å². The van der Waals surface area contributed by atoms with Crippen molar-refractivity contribution >= 4 is 11.6 Å². The van der Waals surface area contributed by atoms with Crippen molar-refractivity contribution in [2.75, 3.05) is 26.0 Å². The van der Waals surface area contributed by atoms with E-state index in [9.17, 15) is 4.79 Å². The number of anilines is 1. The van der Waals surface area contributed by atoms with Crippen LogP contribution in [0.25, 0.3) is 0 Å². The molecule has 2 aromatic carbocycles. The number of hydrogen-bond acceptors (Lipinski definition) is 3. The molecule has 0 atom stereocenters. The molecule has 2 rings (SSSR count). The van der Waals surface area contributed by atoms with Gasteiger partial charge in [-0.1, -0.05) is 45.0 Å². The van der Waals surface area contributed by atoms with Gasteiger partial charge in [-0.25, -0.2) is 0 Å². The van der Waals surface area contributed by atoms with Crippen molar-refractivity contribution in [2.24, 2.45) is 0 Å². The minimum atomic E-state index is -0.0287. The molecule has 0 saturated heterocycles. The number of amides is 1. The summed E-state index contributed by atoms with van der Waals surface area (Å²) in [6, 6.07) is 15.9. The second-order valence-electron chi connectivity index (χ2n) is 7.40. The molecular weight excluding hydrogens is 312 g/mol. The van der Waals surface area contributed by atoms with Crippen molar-refractivity contribution in [3.05, 3.63) is 59.7 Å². The van der Waals surface area contributed by atoms with Gasteiger partial charge in [-0.15, -0.1) is 0 Å². The van der Waals surface area contributed by atoms with Gasteiger partial charge in [0.2, 0.25) is 5.91 Å². The zero-order valence-electron chi connectivity index (χ0n) is 15.8. The first-order chi connectivity index (χ1) is 11.8. The molecule has 1 amide bonds. The molecule has 134 valence electrons. The van der Waals surface area contributed by atoms with E-state index in [0.29, 0.717) is 6.54 Å². The number of carbonyl (C=O) groups is 1. The van der Waals surface area contributed by atoms with E-state index in [1.807, 2.05) is 36.2 Å². The SMILES string of the molecule is COc1ccc(NC(=O)CN(C)Cc2ccc(C(C)(C)C)cc2)cc1. The number of benzene rings is 2. The highest BCUT2D eigenvalue weighted by Crippen LogP contribution is 2.22. The summed E-state index contributed by atoms with van der Waals surface area (Å²) in [7, 11) is 3.57. The van der Waals surface area contributed by atoms with Crippen LogP contribution in [0.15, 0.2) is 48.5 Å². The average Bonchev–Trinajstić information content (AvgIpc) is 2.55. The van der Waals surface area contributed by atoms with Gasteiger partial charge in [0, 0.05) is 12.2 Å². The summed E-state index contributed by atoms with van der Waals surface area (Å²) in [5, 5.41) is 2.90. The van der Waals surface area contributed by atoms with E-state index in [0.717, 1.165) is 18.0 Å². The summed E-state index contributed by atoms with van der Waals surface area (Å²) in [6.07, 6.45) is 0. The van der Waals surface area contributed by atoms with Crippen LogP contribution in [-0.2, 0) is 16.8 Å². The highest BCUT2D eigenvalue weighted by molar-refractivity contribution is 5.92. The topological polar surface area (TPSA) is 41.6 Å². The van der Waals surface area contributed by atoms with Crippen LogP contribution in [0.1, 0.15) is 31.9 Å². The second-order valence-corrected chi connectivity index (χ2v) is 7.40. The molecule has 0 aliphatic rings. The molecule has 0 aliphatic heterocycles. The number of nitrogens with zero attached hydrogens (tertiary/aromatic N) is 1. The van der Waals surface area contributed by atoms with E-state index in [1.54, 1.807) is 7.11 Å². The van der Waals surface area contributed by atoms with E-state index in [2.05, 4.69) is 50.4 Å². The summed E-state index contributed by atoms with van der Waals surface area (Å²) in [5.41, 5.74) is 3.44. The second kappa shape index (κ2) is 8.17. The van der Waals surface area contributed by atoms with Crippen molar-refractivity contribution in [1.82, 2.24) is 4.90 Å². The Morgan fingerprint density at radius 1 is 1.04 bits per heavy atom. The molecule has 4 heteroatoms. The molecule has 4 nitrogen and oxygen atoms in total. The molecule has 2 aromatic rings. The van der Waals surface area contributed by atoms with Gasteiger partial charge in [0.1, 0.15) is 5.75 Å².